The quantitative estimate of drug-likeness (QED) is 0.0420. The van der Waals surface area contributed by atoms with Crippen LogP contribution in [-0.4, -0.2) is 34.9 Å². The van der Waals surface area contributed by atoms with Gasteiger partial charge in [0.15, 0.2) is 0 Å². The number of nitrogens with one attached hydrogen (secondary N) is 1. The largest absolute Gasteiger partial charge is 0.394 e. The van der Waals surface area contributed by atoms with Crippen molar-refractivity contribution < 1.29 is 15.0 Å². The molecule has 0 aromatic carbocycles. The van der Waals surface area contributed by atoms with E-state index >= 15 is 0 Å². The lowest BCUT2D eigenvalue weighted by Gasteiger charge is -2.19. The van der Waals surface area contributed by atoms with Crippen LogP contribution in [0, 0.1) is 0 Å². The molecule has 0 heterocycles. The molecule has 0 aromatic heterocycles. The molecule has 0 aliphatic carbocycles. The Bertz CT molecular complexity index is 1270. The fourth-order valence-electron chi connectivity index (χ4n) is 11.7. The molecule has 3 N–H and O–H groups in total. The lowest BCUT2D eigenvalue weighted by Crippen LogP contribution is -2.45. The molecule has 0 saturated carbocycles. The minimum atomic E-state index is -0.871. The number of hydrogen-bond acceptors (Lipinski definition) is 3. The summed E-state index contributed by atoms with van der Waals surface area (Å²) >= 11 is 0. The van der Waals surface area contributed by atoms with Gasteiger partial charge in [-0.2, -0.15) is 0 Å². The first-order chi connectivity index (χ1) is 39.7. The Labute approximate surface area is 503 Å². The summed E-state index contributed by atoms with van der Waals surface area (Å²) in [5.41, 5.74) is 0. The average molecular weight is 1120 g/mol. The van der Waals surface area contributed by atoms with E-state index in [1.807, 2.05) is 6.08 Å². The standard InChI is InChI=1S/C76H145NO3/c1-3-5-7-9-11-13-15-17-19-21-23-25-27-29-31-32-33-34-35-36-37-38-39-40-41-42-43-44-46-48-50-52-54-56-58-60-62-64-66-68-70-72-76(80)77-74(73-78)75(79)71-69-67-65-63-61-59-57-55-53-51-49-47-45-30-28-26-24-22-20-18-16-14-12-10-8-6-4-2/h21,23,53,55,61,63,69,71,74-75,78-79H,3-20,22,24-52,54,56-60,62,64-68,70,72-73H2,1-2H3,(H,77,80)/b23-21-,55-53+,63-61+,71-69+. The van der Waals surface area contributed by atoms with Crippen molar-refractivity contribution in [2.75, 3.05) is 6.61 Å². The molecule has 0 radical (unpaired) electrons. The molecule has 0 spiro atoms. The molecule has 0 aromatic rings. The van der Waals surface area contributed by atoms with Crippen LogP contribution in [0.1, 0.15) is 412 Å². The first-order valence-corrected chi connectivity index (χ1v) is 36.9. The molecule has 1 amide bonds. The fraction of sp³-hybridized carbons (Fsp3) is 0.882. The third-order valence-corrected chi connectivity index (χ3v) is 17.3. The van der Waals surface area contributed by atoms with Crippen LogP contribution < -0.4 is 5.32 Å². The van der Waals surface area contributed by atoms with E-state index in [1.54, 1.807) is 6.08 Å². The number of aliphatic hydroxyl groups excluding tert-OH is 2. The number of amides is 1. The van der Waals surface area contributed by atoms with Crippen LogP contribution in [0.2, 0.25) is 0 Å². The monoisotopic (exact) mass is 1120 g/mol. The Balaban J connectivity index is 3.42. The Morgan fingerprint density at radius 1 is 0.287 bits per heavy atom. The predicted molar refractivity (Wildman–Crippen MR) is 359 cm³/mol. The topological polar surface area (TPSA) is 69.6 Å². The summed E-state index contributed by atoms with van der Waals surface area (Å²) in [6, 6.07) is -0.646. The van der Waals surface area contributed by atoms with Gasteiger partial charge in [0.1, 0.15) is 0 Å². The molecule has 4 nitrogen and oxygen atoms in total. The molecule has 4 heteroatoms. The first-order valence-electron chi connectivity index (χ1n) is 36.9. The highest BCUT2D eigenvalue weighted by Crippen LogP contribution is 2.19. The van der Waals surface area contributed by atoms with E-state index in [-0.39, 0.29) is 12.5 Å². The van der Waals surface area contributed by atoms with Crippen molar-refractivity contribution >= 4 is 5.91 Å². The number of carbonyl (C=O) groups excluding carboxylic acids is 1. The molecule has 80 heavy (non-hydrogen) atoms. The molecule has 0 aliphatic heterocycles. The first kappa shape index (κ1) is 78.4. The Hall–Kier alpha value is -1.65. The number of allylic oxidation sites excluding steroid dienone is 7. The summed E-state index contributed by atoms with van der Waals surface area (Å²) in [5, 5.41) is 23.3. The third-order valence-electron chi connectivity index (χ3n) is 17.3. The van der Waals surface area contributed by atoms with Crippen LogP contribution in [-0.2, 0) is 4.79 Å². The van der Waals surface area contributed by atoms with E-state index in [4.69, 9.17) is 0 Å². The normalized spacial score (nSPS) is 12.9. The highest BCUT2D eigenvalue weighted by Gasteiger charge is 2.18. The second kappa shape index (κ2) is 71.6. The van der Waals surface area contributed by atoms with Gasteiger partial charge in [-0.15, -0.1) is 0 Å². The van der Waals surface area contributed by atoms with Crippen LogP contribution in [0.4, 0.5) is 0 Å². The van der Waals surface area contributed by atoms with Crippen molar-refractivity contribution in [2.45, 2.75) is 424 Å². The minimum Gasteiger partial charge on any atom is -0.394 e. The average Bonchev–Trinajstić information content (AvgIpc) is 3.46. The fourth-order valence-corrected chi connectivity index (χ4v) is 11.7. The summed E-state index contributed by atoms with van der Waals surface area (Å²) < 4.78 is 0. The van der Waals surface area contributed by atoms with Gasteiger partial charge in [-0.3, -0.25) is 4.79 Å². The van der Waals surface area contributed by atoms with Gasteiger partial charge < -0.3 is 15.5 Å². The van der Waals surface area contributed by atoms with Crippen molar-refractivity contribution in [3.05, 3.63) is 48.6 Å². The van der Waals surface area contributed by atoms with E-state index in [9.17, 15) is 15.0 Å². The van der Waals surface area contributed by atoms with E-state index in [0.717, 1.165) is 38.5 Å². The van der Waals surface area contributed by atoms with Gasteiger partial charge in [0.2, 0.25) is 5.91 Å². The molecular formula is C76H145NO3. The van der Waals surface area contributed by atoms with Gasteiger partial charge in [0, 0.05) is 6.42 Å². The highest BCUT2D eigenvalue weighted by atomic mass is 16.3. The molecule has 0 fully saturated rings. The summed E-state index contributed by atoms with van der Waals surface area (Å²) in [6.45, 7) is 4.34. The van der Waals surface area contributed by atoms with E-state index in [1.165, 1.54) is 353 Å². The molecule has 0 saturated heterocycles. The van der Waals surface area contributed by atoms with Gasteiger partial charge in [-0.1, -0.05) is 383 Å². The SMILES string of the molecule is CCCCCCCCCC/C=C\CCCCCCCCCCCCCCCCCCCCCCCCCCCCCCCC(=O)NC(CO)C(O)/C=C/CC/C=C/CC/C=C/CCCCCCCCCCCCCCCCCCC. The molecule has 2 atom stereocenters. The van der Waals surface area contributed by atoms with Crippen molar-refractivity contribution in [3.8, 4) is 0 Å². The van der Waals surface area contributed by atoms with Gasteiger partial charge in [-0.05, 0) is 70.6 Å². The van der Waals surface area contributed by atoms with Crippen molar-refractivity contribution in [1.82, 2.24) is 5.32 Å². The van der Waals surface area contributed by atoms with Crippen LogP contribution >= 0.6 is 0 Å². The van der Waals surface area contributed by atoms with Crippen molar-refractivity contribution in [1.29, 1.82) is 0 Å². The maximum absolute atomic E-state index is 12.5. The van der Waals surface area contributed by atoms with E-state index in [0.29, 0.717) is 6.42 Å². The Morgan fingerprint density at radius 3 is 0.725 bits per heavy atom. The second-order valence-electron chi connectivity index (χ2n) is 25.3. The molecule has 0 aliphatic rings. The summed E-state index contributed by atoms with van der Waals surface area (Å²) in [7, 11) is 0. The lowest BCUT2D eigenvalue weighted by molar-refractivity contribution is -0.123. The van der Waals surface area contributed by atoms with Crippen molar-refractivity contribution in [3.63, 3.8) is 0 Å². The van der Waals surface area contributed by atoms with E-state index in [2.05, 4.69) is 55.6 Å². The summed E-state index contributed by atoms with van der Waals surface area (Å²) in [6.07, 6.45) is 101. The van der Waals surface area contributed by atoms with Gasteiger partial charge in [-0.25, -0.2) is 0 Å². The molecule has 2 unspecified atom stereocenters. The van der Waals surface area contributed by atoms with Gasteiger partial charge >= 0.3 is 0 Å². The van der Waals surface area contributed by atoms with Gasteiger partial charge in [0.05, 0.1) is 18.8 Å². The number of unbranched alkanes of at least 4 members (excludes halogenated alkanes) is 56. The number of rotatable bonds is 69. The molecular weight excluding hydrogens is 975 g/mol. The van der Waals surface area contributed by atoms with Crippen LogP contribution in [0.3, 0.4) is 0 Å². The number of aliphatic hydroxyl groups is 2. The molecule has 0 bridgehead atoms. The zero-order valence-corrected chi connectivity index (χ0v) is 54.6. The highest BCUT2D eigenvalue weighted by molar-refractivity contribution is 5.76. The predicted octanol–water partition coefficient (Wildman–Crippen LogP) is 25.3. The van der Waals surface area contributed by atoms with Crippen LogP contribution in [0.25, 0.3) is 0 Å². The second-order valence-corrected chi connectivity index (χ2v) is 25.3. The van der Waals surface area contributed by atoms with Gasteiger partial charge in [0.25, 0.3) is 0 Å². The van der Waals surface area contributed by atoms with Crippen molar-refractivity contribution in [2.24, 2.45) is 0 Å². The number of carbonyl (C=O) groups is 1. The molecule has 0 rings (SSSR count). The zero-order chi connectivity index (χ0) is 57.6. The maximum atomic E-state index is 12.5. The van der Waals surface area contributed by atoms with Crippen LogP contribution in [0.15, 0.2) is 48.6 Å². The summed E-state index contributed by atoms with van der Waals surface area (Å²) in [4.78, 5) is 12.5. The minimum absolute atomic E-state index is 0.0699. The molecule has 472 valence electrons. The maximum Gasteiger partial charge on any atom is 0.220 e. The lowest BCUT2D eigenvalue weighted by atomic mass is 10.0. The zero-order valence-electron chi connectivity index (χ0n) is 54.6. The number of hydrogen-bond donors (Lipinski definition) is 3. The summed E-state index contributed by atoms with van der Waals surface area (Å²) in [5.74, 6) is -0.0699. The van der Waals surface area contributed by atoms with E-state index < -0.39 is 12.1 Å². The smallest absolute Gasteiger partial charge is 0.220 e. The van der Waals surface area contributed by atoms with Crippen LogP contribution in [0.5, 0.6) is 0 Å². The third kappa shape index (κ3) is 67.1. The Kier molecular flexibility index (Phi) is 70.1. The Morgan fingerprint density at radius 2 is 0.487 bits per heavy atom.